The van der Waals surface area contributed by atoms with Gasteiger partial charge in [0.1, 0.15) is 4.91 Å². The minimum atomic E-state index is -0.875. The lowest BCUT2D eigenvalue weighted by Crippen LogP contribution is -2.29. The summed E-state index contributed by atoms with van der Waals surface area (Å²) in [6.07, 6.45) is 4.80. The molecule has 2 nitrogen and oxygen atoms in total. The fourth-order valence-corrected chi connectivity index (χ4v) is 2.70. The fraction of sp³-hybridized carbons (Fsp3) is 0.400. The first-order chi connectivity index (χ1) is 6.29. The predicted molar refractivity (Wildman–Crippen MR) is 54.2 cm³/mol. The molecule has 1 aliphatic carbocycles. The minimum absolute atomic E-state index is 0.706. The summed E-state index contributed by atoms with van der Waals surface area (Å²) >= 11 is 0. The number of nitrogens with zero attached hydrogens (tertiary/aromatic N) is 1. The van der Waals surface area contributed by atoms with Crippen LogP contribution in [0.4, 0.5) is 0 Å². The smallest absolute Gasteiger partial charge is 0.112 e. The maximum atomic E-state index is 11.6. The molecule has 0 bridgehead atoms. The van der Waals surface area contributed by atoms with Crippen molar-refractivity contribution in [2.45, 2.75) is 6.42 Å². The number of likely N-dealkylation sites (N-methyl/N-ethyl adjacent to an activating group) is 1. The van der Waals surface area contributed by atoms with Crippen molar-refractivity contribution in [3.8, 4) is 11.8 Å². The highest BCUT2D eigenvalue weighted by atomic mass is 32.2. The van der Waals surface area contributed by atoms with E-state index < -0.39 is 10.8 Å². The molecule has 0 fully saturated rings. The summed E-state index contributed by atoms with van der Waals surface area (Å²) < 4.78 is 11.6. The van der Waals surface area contributed by atoms with Gasteiger partial charge in [-0.15, -0.1) is 0 Å². The molecule has 0 saturated heterocycles. The monoisotopic (exact) mass is 193 g/mol. The van der Waals surface area contributed by atoms with Gasteiger partial charge in [-0.2, -0.15) is 0 Å². The van der Waals surface area contributed by atoms with Gasteiger partial charge in [0.25, 0.3) is 0 Å². The molecular formula is C10H11NOS. The highest BCUT2D eigenvalue weighted by Gasteiger charge is 2.20. The Bertz CT molecular complexity index is 370. The summed E-state index contributed by atoms with van der Waals surface area (Å²) in [5, 5.41) is 0. The standard InChI is InChI=1S/C10H11NOS/c1-11-7-8-13(12)10-6-4-2-3-5-9(10)11/h3,5H,2,7-8H2,1H3. The van der Waals surface area contributed by atoms with Crippen LogP contribution in [0.2, 0.25) is 0 Å². The largest absolute Gasteiger partial charge is 0.372 e. The van der Waals surface area contributed by atoms with E-state index in [2.05, 4.69) is 16.7 Å². The first-order valence-corrected chi connectivity index (χ1v) is 5.60. The van der Waals surface area contributed by atoms with Crippen molar-refractivity contribution in [3.63, 3.8) is 0 Å². The van der Waals surface area contributed by atoms with E-state index in [1.165, 1.54) is 0 Å². The molecule has 1 atom stereocenters. The molecule has 13 heavy (non-hydrogen) atoms. The highest BCUT2D eigenvalue weighted by molar-refractivity contribution is 7.89. The summed E-state index contributed by atoms with van der Waals surface area (Å²) in [4.78, 5) is 2.93. The Morgan fingerprint density at radius 3 is 3.31 bits per heavy atom. The second-order valence-electron chi connectivity index (χ2n) is 3.09. The fourth-order valence-electron chi connectivity index (χ4n) is 1.42. The Morgan fingerprint density at radius 2 is 2.46 bits per heavy atom. The zero-order valence-electron chi connectivity index (χ0n) is 7.54. The van der Waals surface area contributed by atoms with Gasteiger partial charge in [0.15, 0.2) is 0 Å². The number of hydrogen-bond donors (Lipinski definition) is 0. The summed E-state index contributed by atoms with van der Waals surface area (Å²) in [5.74, 6) is 6.68. The summed E-state index contributed by atoms with van der Waals surface area (Å²) in [7, 11) is 1.14. The molecule has 0 spiro atoms. The lowest BCUT2D eigenvalue weighted by molar-refractivity contribution is 0.451. The van der Waals surface area contributed by atoms with Crippen LogP contribution >= 0.6 is 0 Å². The molecule has 0 N–H and O–H groups in total. The number of rotatable bonds is 0. The van der Waals surface area contributed by atoms with E-state index in [-0.39, 0.29) is 0 Å². The van der Waals surface area contributed by atoms with Crippen LogP contribution in [0, 0.1) is 11.8 Å². The van der Waals surface area contributed by atoms with Crippen LogP contribution in [0.25, 0.3) is 0 Å². The Hall–Kier alpha value is -1.01. The van der Waals surface area contributed by atoms with Crippen molar-refractivity contribution in [2.75, 3.05) is 19.3 Å². The molecule has 0 aromatic heterocycles. The molecule has 0 aromatic rings. The number of allylic oxidation sites excluding steroid dienone is 3. The minimum Gasteiger partial charge on any atom is -0.372 e. The molecule has 3 heteroatoms. The maximum absolute atomic E-state index is 11.6. The molecule has 1 aliphatic heterocycles. The van der Waals surface area contributed by atoms with Crippen molar-refractivity contribution in [3.05, 3.63) is 22.8 Å². The molecule has 0 saturated carbocycles. The third-order valence-electron chi connectivity index (χ3n) is 2.18. The van der Waals surface area contributed by atoms with Crippen molar-refractivity contribution in [1.29, 1.82) is 0 Å². The second-order valence-corrected chi connectivity index (χ2v) is 4.60. The van der Waals surface area contributed by atoms with Crippen LogP contribution in [-0.4, -0.2) is 28.5 Å². The average molecular weight is 193 g/mol. The Labute approximate surface area is 80.8 Å². The quantitative estimate of drug-likeness (QED) is 0.532. The van der Waals surface area contributed by atoms with Crippen molar-refractivity contribution in [1.82, 2.24) is 4.90 Å². The van der Waals surface area contributed by atoms with Crippen molar-refractivity contribution in [2.24, 2.45) is 0 Å². The Balaban J connectivity index is 2.51. The van der Waals surface area contributed by atoms with Gasteiger partial charge in [0, 0.05) is 25.8 Å². The average Bonchev–Trinajstić information content (AvgIpc) is 2.37. The molecule has 1 heterocycles. The van der Waals surface area contributed by atoms with Crippen LogP contribution in [0.1, 0.15) is 6.42 Å². The summed E-state index contributed by atoms with van der Waals surface area (Å²) in [6.45, 7) is 0.859. The van der Waals surface area contributed by atoms with Gasteiger partial charge in [-0.1, -0.05) is 17.9 Å². The predicted octanol–water partition coefficient (Wildman–Crippen LogP) is 0.855. The zero-order chi connectivity index (χ0) is 9.26. The van der Waals surface area contributed by atoms with Gasteiger partial charge < -0.3 is 4.90 Å². The third-order valence-corrected chi connectivity index (χ3v) is 3.50. The molecule has 0 amide bonds. The van der Waals surface area contributed by atoms with Crippen LogP contribution < -0.4 is 0 Å². The lowest BCUT2D eigenvalue weighted by atomic mass is 10.3. The number of hydrogen-bond acceptors (Lipinski definition) is 2. The SMILES string of the molecule is CN1CCS(=O)C2=C1C=CCC#C2. The summed E-state index contributed by atoms with van der Waals surface area (Å²) in [5.41, 5.74) is 1.04. The molecule has 68 valence electrons. The molecule has 1 unspecified atom stereocenters. The van der Waals surface area contributed by atoms with E-state index in [9.17, 15) is 4.21 Å². The van der Waals surface area contributed by atoms with Gasteiger partial charge in [-0.05, 0) is 6.08 Å². The third kappa shape index (κ3) is 1.54. The van der Waals surface area contributed by atoms with E-state index in [1.807, 2.05) is 19.2 Å². The van der Waals surface area contributed by atoms with E-state index in [0.717, 1.165) is 23.6 Å². The van der Waals surface area contributed by atoms with E-state index in [0.29, 0.717) is 5.75 Å². The van der Waals surface area contributed by atoms with Crippen molar-refractivity contribution < 1.29 is 4.21 Å². The normalized spacial score (nSPS) is 26.2. The molecular weight excluding hydrogens is 182 g/mol. The van der Waals surface area contributed by atoms with Crippen LogP contribution in [0.5, 0.6) is 0 Å². The van der Waals surface area contributed by atoms with Crippen LogP contribution in [-0.2, 0) is 10.8 Å². The maximum Gasteiger partial charge on any atom is 0.112 e. The lowest BCUT2D eigenvalue weighted by Gasteiger charge is -2.25. The van der Waals surface area contributed by atoms with E-state index in [4.69, 9.17) is 0 Å². The van der Waals surface area contributed by atoms with Crippen LogP contribution in [0.3, 0.4) is 0 Å². The van der Waals surface area contributed by atoms with E-state index >= 15 is 0 Å². The Morgan fingerprint density at radius 1 is 1.62 bits per heavy atom. The van der Waals surface area contributed by atoms with Gasteiger partial charge >= 0.3 is 0 Å². The molecule has 0 radical (unpaired) electrons. The summed E-state index contributed by atoms with van der Waals surface area (Å²) in [6, 6.07) is 0. The van der Waals surface area contributed by atoms with Gasteiger partial charge in [-0.3, -0.25) is 4.21 Å². The first kappa shape index (κ1) is 8.58. The van der Waals surface area contributed by atoms with Crippen LogP contribution in [0.15, 0.2) is 22.8 Å². The van der Waals surface area contributed by atoms with Gasteiger partial charge in [0.05, 0.1) is 16.5 Å². The van der Waals surface area contributed by atoms with Crippen molar-refractivity contribution >= 4 is 10.8 Å². The van der Waals surface area contributed by atoms with Gasteiger partial charge in [-0.25, -0.2) is 0 Å². The topological polar surface area (TPSA) is 20.3 Å². The molecule has 2 rings (SSSR count). The zero-order valence-corrected chi connectivity index (χ0v) is 8.36. The molecule has 0 aromatic carbocycles. The van der Waals surface area contributed by atoms with Gasteiger partial charge in [0.2, 0.25) is 0 Å². The Kier molecular flexibility index (Phi) is 2.24. The van der Waals surface area contributed by atoms with E-state index in [1.54, 1.807) is 0 Å². The second kappa shape index (κ2) is 3.39. The first-order valence-electron chi connectivity index (χ1n) is 4.28. The highest BCUT2D eigenvalue weighted by Crippen LogP contribution is 2.20. The molecule has 2 aliphatic rings.